The molecular formula is C19H18F3IN4OS. The molecule has 0 fully saturated rings. The van der Waals surface area contributed by atoms with Gasteiger partial charge in [-0.2, -0.15) is 0 Å². The van der Waals surface area contributed by atoms with Gasteiger partial charge in [0.1, 0.15) is 10.8 Å². The van der Waals surface area contributed by atoms with E-state index in [1.807, 2.05) is 35.7 Å². The van der Waals surface area contributed by atoms with E-state index in [2.05, 4.69) is 20.0 Å². The van der Waals surface area contributed by atoms with E-state index in [1.165, 1.54) is 35.6 Å². The van der Waals surface area contributed by atoms with Gasteiger partial charge < -0.3 is 15.8 Å². The first kappa shape index (κ1) is 22.9. The molecular weight excluding hydrogens is 516 g/mol. The highest BCUT2D eigenvalue weighted by atomic mass is 127. The van der Waals surface area contributed by atoms with Gasteiger partial charge in [-0.05, 0) is 17.7 Å². The van der Waals surface area contributed by atoms with Gasteiger partial charge in [-0.1, -0.05) is 42.5 Å². The average Bonchev–Trinajstić information content (AvgIpc) is 3.14. The third kappa shape index (κ3) is 7.54. The van der Waals surface area contributed by atoms with E-state index >= 15 is 0 Å². The van der Waals surface area contributed by atoms with Crippen LogP contribution in [0.25, 0.3) is 11.3 Å². The van der Waals surface area contributed by atoms with Gasteiger partial charge in [0.15, 0.2) is 5.96 Å². The molecule has 0 aliphatic heterocycles. The molecule has 0 aliphatic rings. The molecule has 0 saturated heterocycles. The number of aliphatic imine (C=N–C) groups is 1. The highest BCUT2D eigenvalue weighted by molar-refractivity contribution is 14.0. The summed E-state index contributed by atoms with van der Waals surface area (Å²) in [5.74, 6) is -0.0450. The molecule has 0 saturated carbocycles. The van der Waals surface area contributed by atoms with E-state index in [-0.39, 0.29) is 42.2 Å². The smallest absolute Gasteiger partial charge is 0.406 e. The maximum absolute atomic E-state index is 12.1. The molecule has 0 atom stereocenters. The van der Waals surface area contributed by atoms with Crippen molar-refractivity contribution < 1.29 is 17.9 Å². The second-order valence-electron chi connectivity index (χ2n) is 5.74. The van der Waals surface area contributed by atoms with Crippen LogP contribution in [0.5, 0.6) is 5.75 Å². The van der Waals surface area contributed by atoms with Crippen molar-refractivity contribution in [2.24, 2.45) is 10.7 Å². The molecule has 10 heteroatoms. The standard InChI is InChI=1S/C19H17F3N4OS.HI/c20-19(21,22)27-15-8-6-13(7-9-15)10-24-18(23)25-11-17-26-16(12-28-17)14-4-2-1-3-5-14;/h1-9,12H,10-11H2,(H3,23,24,25);1H. The van der Waals surface area contributed by atoms with Crippen LogP contribution >= 0.6 is 35.3 Å². The molecule has 0 bridgehead atoms. The summed E-state index contributed by atoms with van der Waals surface area (Å²) in [4.78, 5) is 8.73. The van der Waals surface area contributed by atoms with Crippen molar-refractivity contribution in [2.75, 3.05) is 0 Å². The summed E-state index contributed by atoms with van der Waals surface area (Å²) in [7, 11) is 0. The summed E-state index contributed by atoms with van der Waals surface area (Å²) >= 11 is 1.52. The SMILES string of the molecule is I.NC(=NCc1ccc(OC(F)(F)F)cc1)NCc1nc(-c2ccccc2)cs1. The van der Waals surface area contributed by atoms with Gasteiger partial charge in [0, 0.05) is 10.9 Å². The van der Waals surface area contributed by atoms with Crippen molar-refractivity contribution >= 4 is 41.3 Å². The molecule has 0 unspecified atom stereocenters. The quantitative estimate of drug-likeness (QED) is 0.267. The molecule has 0 amide bonds. The topological polar surface area (TPSA) is 72.5 Å². The van der Waals surface area contributed by atoms with Gasteiger partial charge in [0.05, 0.1) is 18.8 Å². The molecule has 3 rings (SSSR count). The monoisotopic (exact) mass is 534 g/mol. The van der Waals surface area contributed by atoms with Crippen LogP contribution in [0.1, 0.15) is 10.6 Å². The fourth-order valence-electron chi connectivity index (χ4n) is 2.33. The van der Waals surface area contributed by atoms with Crippen molar-refractivity contribution in [1.82, 2.24) is 10.3 Å². The molecule has 0 radical (unpaired) electrons. The lowest BCUT2D eigenvalue weighted by Gasteiger charge is -2.09. The van der Waals surface area contributed by atoms with E-state index < -0.39 is 6.36 Å². The highest BCUT2D eigenvalue weighted by Gasteiger charge is 2.30. The lowest BCUT2D eigenvalue weighted by atomic mass is 10.2. The third-order valence-electron chi connectivity index (χ3n) is 3.63. The van der Waals surface area contributed by atoms with Crippen LogP contribution in [-0.2, 0) is 13.1 Å². The fourth-order valence-corrected chi connectivity index (χ4v) is 3.07. The van der Waals surface area contributed by atoms with Crippen molar-refractivity contribution in [3.63, 3.8) is 0 Å². The minimum Gasteiger partial charge on any atom is -0.406 e. The largest absolute Gasteiger partial charge is 0.573 e. The van der Waals surface area contributed by atoms with Gasteiger partial charge in [-0.3, -0.25) is 0 Å². The van der Waals surface area contributed by atoms with Gasteiger partial charge in [0.2, 0.25) is 0 Å². The summed E-state index contributed by atoms with van der Waals surface area (Å²) in [6, 6.07) is 15.3. The number of hydrogen-bond donors (Lipinski definition) is 2. The maximum Gasteiger partial charge on any atom is 0.573 e. The minimum absolute atomic E-state index is 0. The summed E-state index contributed by atoms with van der Waals surface area (Å²) < 4.78 is 40.3. The Labute approximate surface area is 186 Å². The molecule has 1 aromatic heterocycles. The van der Waals surface area contributed by atoms with Gasteiger partial charge in [-0.25, -0.2) is 9.98 Å². The Morgan fingerprint density at radius 2 is 1.79 bits per heavy atom. The predicted octanol–water partition coefficient (Wildman–Crippen LogP) is 4.93. The molecule has 1 heterocycles. The first-order chi connectivity index (χ1) is 13.4. The molecule has 3 aromatic rings. The Morgan fingerprint density at radius 3 is 2.45 bits per heavy atom. The van der Waals surface area contributed by atoms with Crippen molar-refractivity contribution in [2.45, 2.75) is 19.5 Å². The van der Waals surface area contributed by atoms with E-state index in [0.29, 0.717) is 12.1 Å². The molecule has 29 heavy (non-hydrogen) atoms. The van der Waals surface area contributed by atoms with Crippen LogP contribution in [0.2, 0.25) is 0 Å². The zero-order valence-electron chi connectivity index (χ0n) is 15.0. The van der Waals surface area contributed by atoms with Crippen LogP contribution in [-0.4, -0.2) is 17.3 Å². The van der Waals surface area contributed by atoms with E-state index in [4.69, 9.17) is 5.73 Å². The Balaban J connectivity index is 0.00000300. The number of benzene rings is 2. The molecule has 0 aliphatic carbocycles. The second-order valence-corrected chi connectivity index (χ2v) is 6.68. The Kier molecular flexibility index (Phi) is 8.26. The fraction of sp³-hybridized carbons (Fsp3) is 0.158. The zero-order chi connectivity index (χ0) is 20.0. The number of thiazole rings is 1. The van der Waals surface area contributed by atoms with Crippen LogP contribution in [0, 0.1) is 0 Å². The zero-order valence-corrected chi connectivity index (χ0v) is 18.2. The first-order valence-corrected chi connectivity index (χ1v) is 9.15. The number of alkyl halides is 3. The second kappa shape index (κ2) is 10.4. The summed E-state index contributed by atoms with van der Waals surface area (Å²) in [5, 5.41) is 5.82. The molecule has 3 N–H and O–H groups in total. The number of guanidine groups is 1. The molecule has 154 valence electrons. The summed E-state index contributed by atoms with van der Waals surface area (Å²) in [5.41, 5.74) is 8.50. The van der Waals surface area contributed by atoms with E-state index in [0.717, 1.165) is 16.3 Å². The van der Waals surface area contributed by atoms with E-state index in [1.54, 1.807) is 0 Å². The van der Waals surface area contributed by atoms with Crippen LogP contribution in [0.3, 0.4) is 0 Å². The normalized spacial score (nSPS) is 11.6. The number of halogens is 4. The van der Waals surface area contributed by atoms with Gasteiger partial charge >= 0.3 is 6.36 Å². The van der Waals surface area contributed by atoms with Crippen LogP contribution < -0.4 is 15.8 Å². The van der Waals surface area contributed by atoms with Gasteiger partial charge in [0.25, 0.3) is 0 Å². The number of aromatic nitrogens is 1. The number of rotatable bonds is 6. The number of nitrogens with one attached hydrogen (secondary N) is 1. The van der Waals surface area contributed by atoms with E-state index in [9.17, 15) is 13.2 Å². The number of nitrogens with zero attached hydrogens (tertiary/aromatic N) is 2. The van der Waals surface area contributed by atoms with Crippen LogP contribution in [0.4, 0.5) is 13.2 Å². The minimum atomic E-state index is -4.70. The van der Waals surface area contributed by atoms with Crippen LogP contribution in [0.15, 0.2) is 65.0 Å². The Hall–Kier alpha value is -2.34. The predicted molar refractivity (Wildman–Crippen MR) is 118 cm³/mol. The van der Waals surface area contributed by atoms with Gasteiger partial charge in [-0.15, -0.1) is 48.5 Å². The van der Waals surface area contributed by atoms with Crippen molar-refractivity contribution in [3.8, 4) is 17.0 Å². The summed E-state index contributed by atoms with van der Waals surface area (Å²) in [6.07, 6.45) is -4.70. The summed E-state index contributed by atoms with van der Waals surface area (Å²) in [6.45, 7) is 0.670. The maximum atomic E-state index is 12.1. The molecule has 0 spiro atoms. The number of ether oxygens (including phenoxy) is 1. The third-order valence-corrected chi connectivity index (χ3v) is 4.48. The lowest BCUT2D eigenvalue weighted by molar-refractivity contribution is -0.274. The average molecular weight is 534 g/mol. The number of nitrogens with two attached hydrogens (primary N) is 1. The van der Waals surface area contributed by atoms with Crippen molar-refractivity contribution in [1.29, 1.82) is 0 Å². The Bertz CT molecular complexity index is 931. The molecule has 5 nitrogen and oxygen atoms in total. The first-order valence-electron chi connectivity index (χ1n) is 8.27. The van der Waals surface area contributed by atoms with Crippen molar-refractivity contribution in [3.05, 3.63) is 70.5 Å². The lowest BCUT2D eigenvalue weighted by Crippen LogP contribution is -2.31. The number of hydrogen-bond acceptors (Lipinski definition) is 4. The molecule has 2 aromatic carbocycles. The highest BCUT2D eigenvalue weighted by Crippen LogP contribution is 2.23. The Morgan fingerprint density at radius 1 is 1.10 bits per heavy atom.